The molecule has 1 spiro atoms. The quantitative estimate of drug-likeness (QED) is 0.629. The Labute approximate surface area is 73.9 Å². The van der Waals surface area contributed by atoms with Crippen LogP contribution in [0.4, 0.5) is 4.39 Å². The topological polar surface area (TPSA) is 3.24 Å². The summed E-state index contributed by atoms with van der Waals surface area (Å²) in [6.07, 6.45) is 6.39. The van der Waals surface area contributed by atoms with E-state index in [2.05, 4.69) is 4.90 Å². The lowest BCUT2D eigenvalue weighted by Gasteiger charge is -2.38. The number of rotatable bonds is 3. The zero-order chi connectivity index (χ0) is 8.44. The lowest BCUT2D eigenvalue weighted by Crippen LogP contribution is -2.33. The minimum atomic E-state index is -0.149. The summed E-state index contributed by atoms with van der Waals surface area (Å²) in [5.41, 5.74) is 0.691. The van der Waals surface area contributed by atoms with Crippen LogP contribution in [0.15, 0.2) is 0 Å². The van der Waals surface area contributed by atoms with E-state index in [1.165, 1.54) is 38.8 Å². The number of hydrogen-bond acceptors (Lipinski definition) is 1. The molecule has 70 valence electrons. The second kappa shape index (κ2) is 3.33. The van der Waals surface area contributed by atoms with E-state index >= 15 is 0 Å². The van der Waals surface area contributed by atoms with Crippen molar-refractivity contribution in [2.24, 2.45) is 5.41 Å². The van der Waals surface area contributed by atoms with E-state index in [1.54, 1.807) is 0 Å². The first-order valence-corrected chi connectivity index (χ1v) is 5.13. The van der Waals surface area contributed by atoms with Gasteiger partial charge in [-0.2, -0.15) is 0 Å². The summed E-state index contributed by atoms with van der Waals surface area (Å²) in [6.45, 7) is 3.31. The lowest BCUT2D eigenvalue weighted by atomic mass is 9.68. The maximum absolute atomic E-state index is 11.9. The molecular formula is C10H18FN. The van der Waals surface area contributed by atoms with Gasteiger partial charge in [-0.15, -0.1) is 0 Å². The molecule has 0 radical (unpaired) electrons. The third-order valence-electron chi connectivity index (χ3n) is 3.54. The Balaban J connectivity index is 1.74. The molecule has 0 aromatic carbocycles. The number of alkyl halides is 1. The number of nitrogens with zero attached hydrogens (tertiary/aromatic N) is 1. The summed E-state index contributed by atoms with van der Waals surface area (Å²) in [7, 11) is 0. The summed E-state index contributed by atoms with van der Waals surface area (Å²) in [5.74, 6) is 0. The first-order valence-electron chi connectivity index (χ1n) is 5.13. The Morgan fingerprint density at radius 1 is 1.25 bits per heavy atom. The largest absolute Gasteiger partial charge is 0.303 e. The van der Waals surface area contributed by atoms with E-state index in [0.717, 1.165) is 13.0 Å². The van der Waals surface area contributed by atoms with Crippen molar-refractivity contribution in [3.8, 4) is 0 Å². The van der Waals surface area contributed by atoms with Crippen LogP contribution in [-0.2, 0) is 0 Å². The van der Waals surface area contributed by atoms with Crippen molar-refractivity contribution < 1.29 is 4.39 Å². The molecule has 0 aromatic rings. The molecule has 1 nitrogen and oxygen atoms in total. The van der Waals surface area contributed by atoms with Crippen LogP contribution in [0, 0.1) is 5.41 Å². The predicted octanol–water partition coefficient (Wildman–Crippen LogP) is 2.22. The van der Waals surface area contributed by atoms with Gasteiger partial charge in [0.2, 0.25) is 0 Å². The van der Waals surface area contributed by atoms with Gasteiger partial charge < -0.3 is 4.90 Å². The molecule has 1 heterocycles. The van der Waals surface area contributed by atoms with Gasteiger partial charge in [0.05, 0.1) is 6.67 Å². The normalized spacial score (nSPS) is 27.8. The summed E-state index contributed by atoms with van der Waals surface area (Å²) in [6, 6.07) is 0. The molecule has 2 rings (SSSR count). The van der Waals surface area contributed by atoms with Crippen LogP contribution in [0.1, 0.15) is 32.1 Å². The average Bonchev–Trinajstić information content (AvgIpc) is 2.44. The third-order valence-corrected chi connectivity index (χ3v) is 3.54. The van der Waals surface area contributed by atoms with E-state index in [4.69, 9.17) is 0 Å². The van der Waals surface area contributed by atoms with Crippen LogP contribution in [0.3, 0.4) is 0 Å². The second-order valence-electron chi connectivity index (χ2n) is 4.42. The smallest absolute Gasteiger partial charge is 0.0906 e. The fourth-order valence-electron chi connectivity index (χ4n) is 2.59. The van der Waals surface area contributed by atoms with Gasteiger partial charge in [-0.25, -0.2) is 0 Å². The zero-order valence-electron chi connectivity index (χ0n) is 7.69. The van der Waals surface area contributed by atoms with Crippen molar-refractivity contribution in [1.29, 1.82) is 0 Å². The Kier molecular flexibility index (Phi) is 2.35. The first-order chi connectivity index (χ1) is 5.85. The molecule has 12 heavy (non-hydrogen) atoms. The van der Waals surface area contributed by atoms with E-state index in [1.807, 2.05) is 0 Å². The zero-order valence-corrected chi connectivity index (χ0v) is 7.69. The monoisotopic (exact) mass is 171 g/mol. The van der Waals surface area contributed by atoms with Crippen molar-refractivity contribution >= 4 is 0 Å². The molecule has 2 fully saturated rings. The van der Waals surface area contributed by atoms with Crippen LogP contribution in [0.2, 0.25) is 0 Å². The molecule has 0 amide bonds. The highest BCUT2D eigenvalue weighted by Gasteiger charge is 2.42. The van der Waals surface area contributed by atoms with Crippen LogP contribution in [-0.4, -0.2) is 31.2 Å². The van der Waals surface area contributed by atoms with Gasteiger partial charge in [0.15, 0.2) is 0 Å². The van der Waals surface area contributed by atoms with E-state index in [0.29, 0.717) is 5.41 Å². The van der Waals surface area contributed by atoms with Crippen LogP contribution in [0.5, 0.6) is 0 Å². The maximum Gasteiger partial charge on any atom is 0.0906 e. The number of halogens is 1. The Morgan fingerprint density at radius 3 is 2.58 bits per heavy atom. The maximum atomic E-state index is 11.9. The molecule has 0 bridgehead atoms. The van der Waals surface area contributed by atoms with Crippen LogP contribution in [0.25, 0.3) is 0 Å². The molecule has 2 heteroatoms. The molecule has 1 aliphatic heterocycles. The fourth-order valence-corrected chi connectivity index (χ4v) is 2.59. The van der Waals surface area contributed by atoms with Crippen LogP contribution < -0.4 is 0 Å². The molecular weight excluding hydrogens is 153 g/mol. The highest BCUT2D eigenvalue weighted by molar-refractivity contribution is 4.95. The van der Waals surface area contributed by atoms with E-state index < -0.39 is 0 Å². The third kappa shape index (κ3) is 1.49. The average molecular weight is 171 g/mol. The number of hydrogen-bond donors (Lipinski definition) is 0. The molecule has 1 saturated carbocycles. The van der Waals surface area contributed by atoms with Gasteiger partial charge in [0.1, 0.15) is 0 Å². The van der Waals surface area contributed by atoms with Gasteiger partial charge in [-0.3, -0.25) is 4.39 Å². The van der Waals surface area contributed by atoms with Gasteiger partial charge in [0, 0.05) is 13.1 Å². The molecule has 0 atom stereocenters. The minimum absolute atomic E-state index is 0.149. The van der Waals surface area contributed by atoms with Crippen molar-refractivity contribution in [2.75, 3.05) is 26.3 Å². The lowest BCUT2D eigenvalue weighted by molar-refractivity contribution is 0.138. The van der Waals surface area contributed by atoms with Gasteiger partial charge in [-0.1, -0.05) is 6.42 Å². The Morgan fingerprint density at radius 2 is 2.08 bits per heavy atom. The summed E-state index contributed by atoms with van der Waals surface area (Å²) < 4.78 is 11.9. The Hall–Kier alpha value is -0.110. The van der Waals surface area contributed by atoms with Gasteiger partial charge in [-0.05, 0) is 37.6 Å². The standard InChI is InChI=1S/C10H18FN/c11-6-2-7-12-8-5-10(9-12)3-1-4-10/h1-9H2. The minimum Gasteiger partial charge on any atom is -0.303 e. The number of likely N-dealkylation sites (tertiary alicyclic amines) is 1. The summed E-state index contributed by atoms with van der Waals surface area (Å²) in [4.78, 5) is 2.44. The van der Waals surface area contributed by atoms with Crippen molar-refractivity contribution in [1.82, 2.24) is 4.90 Å². The summed E-state index contributed by atoms with van der Waals surface area (Å²) >= 11 is 0. The predicted molar refractivity (Wildman–Crippen MR) is 47.9 cm³/mol. The van der Waals surface area contributed by atoms with E-state index in [-0.39, 0.29) is 6.67 Å². The first kappa shape index (κ1) is 8.49. The highest BCUT2D eigenvalue weighted by atomic mass is 19.1. The Bertz CT molecular complexity index is 152. The molecule has 0 aromatic heterocycles. The molecule has 1 saturated heterocycles. The highest BCUT2D eigenvalue weighted by Crippen LogP contribution is 2.47. The molecule has 1 aliphatic carbocycles. The molecule has 2 aliphatic rings. The second-order valence-corrected chi connectivity index (χ2v) is 4.42. The van der Waals surface area contributed by atoms with Crippen LogP contribution >= 0.6 is 0 Å². The van der Waals surface area contributed by atoms with Crippen molar-refractivity contribution in [2.45, 2.75) is 32.1 Å². The molecule has 0 N–H and O–H groups in total. The molecule has 0 unspecified atom stereocenters. The van der Waals surface area contributed by atoms with Crippen molar-refractivity contribution in [3.63, 3.8) is 0 Å². The van der Waals surface area contributed by atoms with Gasteiger partial charge >= 0.3 is 0 Å². The van der Waals surface area contributed by atoms with Gasteiger partial charge in [0.25, 0.3) is 0 Å². The summed E-state index contributed by atoms with van der Waals surface area (Å²) in [5, 5.41) is 0. The van der Waals surface area contributed by atoms with Crippen molar-refractivity contribution in [3.05, 3.63) is 0 Å². The SMILES string of the molecule is FCCCN1CCC2(CCC2)C1. The fraction of sp³-hybridized carbons (Fsp3) is 1.00. The van der Waals surface area contributed by atoms with E-state index in [9.17, 15) is 4.39 Å².